The molecule has 0 radical (unpaired) electrons. The number of para-hydroxylation sites is 1. The molecule has 1 heterocycles. The molecular weight excluding hydrogens is 244 g/mol. The average Bonchev–Trinajstić information content (AvgIpc) is 2.45. The normalized spacial score (nSPS) is 14.4. The minimum atomic E-state index is 0.350. The first-order valence-corrected chi connectivity index (χ1v) is 7.77. The van der Waals surface area contributed by atoms with Crippen molar-refractivity contribution in [2.45, 2.75) is 46.6 Å². The maximum absolute atomic E-state index is 4.90. The Morgan fingerprint density at radius 2 is 1.95 bits per heavy atom. The van der Waals surface area contributed by atoms with Gasteiger partial charge in [-0.25, -0.2) is 0 Å². The molecule has 0 bridgehead atoms. The third-order valence-corrected chi connectivity index (χ3v) is 4.00. The zero-order valence-corrected chi connectivity index (χ0v) is 13.1. The lowest BCUT2D eigenvalue weighted by Gasteiger charge is -2.25. The number of rotatable bonds is 6. The minimum Gasteiger partial charge on any atom is -0.309 e. The van der Waals surface area contributed by atoms with E-state index in [2.05, 4.69) is 63.3 Å². The van der Waals surface area contributed by atoms with Crippen LogP contribution in [0.15, 0.2) is 30.3 Å². The summed E-state index contributed by atoms with van der Waals surface area (Å²) in [6, 6.07) is 11.0. The Morgan fingerprint density at radius 3 is 2.65 bits per heavy atom. The van der Waals surface area contributed by atoms with Gasteiger partial charge in [0.15, 0.2) is 0 Å². The van der Waals surface area contributed by atoms with Crippen LogP contribution in [-0.4, -0.2) is 11.5 Å². The second-order valence-electron chi connectivity index (χ2n) is 5.68. The van der Waals surface area contributed by atoms with Crippen molar-refractivity contribution < 1.29 is 0 Å². The summed E-state index contributed by atoms with van der Waals surface area (Å²) in [5.41, 5.74) is 3.61. The van der Waals surface area contributed by atoms with E-state index in [0.717, 1.165) is 12.1 Å². The van der Waals surface area contributed by atoms with Crippen LogP contribution in [0.3, 0.4) is 0 Å². The van der Waals surface area contributed by atoms with E-state index in [1.54, 1.807) is 0 Å². The number of aromatic nitrogens is 1. The SMILES string of the molecule is CCCC(C)C(NCC)c1cc(C)c2ccccc2n1. The van der Waals surface area contributed by atoms with E-state index in [1.807, 2.05) is 0 Å². The lowest BCUT2D eigenvalue weighted by molar-refractivity contribution is 0.363. The van der Waals surface area contributed by atoms with Gasteiger partial charge in [0.2, 0.25) is 0 Å². The van der Waals surface area contributed by atoms with Crippen molar-refractivity contribution in [1.82, 2.24) is 10.3 Å². The van der Waals surface area contributed by atoms with Crippen molar-refractivity contribution in [3.05, 3.63) is 41.6 Å². The Kier molecular flexibility index (Phi) is 5.13. The molecule has 0 aliphatic carbocycles. The molecule has 0 saturated carbocycles. The number of hydrogen-bond acceptors (Lipinski definition) is 2. The van der Waals surface area contributed by atoms with Gasteiger partial charge < -0.3 is 5.32 Å². The molecule has 0 spiro atoms. The number of hydrogen-bond donors (Lipinski definition) is 1. The highest BCUT2D eigenvalue weighted by molar-refractivity contribution is 5.82. The summed E-state index contributed by atoms with van der Waals surface area (Å²) in [5, 5.41) is 4.87. The summed E-state index contributed by atoms with van der Waals surface area (Å²) in [4.78, 5) is 4.90. The van der Waals surface area contributed by atoms with Crippen LogP contribution >= 0.6 is 0 Å². The van der Waals surface area contributed by atoms with Crippen molar-refractivity contribution >= 4 is 10.9 Å². The molecular formula is C18H26N2. The maximum Gasteiger partial charge on any atom is 0.0708 e. The van der Waals surface area contributed by atoms with Crippen LogP contribution in [0, 0.1) is 12.8 Å². The van der Waals surface area contributed by atoms with Crippen molar-refractivity contribution in [3.8, 4) is 0 Å². The van der Waals surface area contributed by atoms with Gasteiger partial charge in [0.25, 0.3) is 0 Å². The molecule has 0 aliphatic heterocycles. The molecule has 20 heavy (non-hydrogen) atoms. The smallest absolute Gasteiger partial charge is 0.0708 e. The van der Waals surface area contributed by atoms with E-state index in [1.165, 1.54) is 29.5 Å². The molecule has 2 heteroatoms. The number of aryl methyl sites for hydroxylation is 1. The van der Waals surface area contributed by atoms with Crippen molar-refractivity contribution in [1.29, 1.82) is 0 Å². The summed E-state index contributed by atoms with van der Waals surface area (Å²) in [7, 11) is 0. The zero-order chi connectivity index (χ0) is 14.5. The molecule has 0 aliphatic rings. The number of fused-ring (bicyclic) bond motifs is 1. The molecule has 1 N–H and O–H groups in total. The van der Waals surface area contributed by atoms with Gasteiger partial charge in [-0.15, -0.1) is 0 Å². The van der Waals surface area contributed by atoms with Gasteiger partial charge in [0.1, 0.15) is 0 Å². The lowest BCUT2D eigenvalue weighted by atomic mass is 9.92. The van der Waals surface area contributed by atoms with Gasteiger partial charge in [-0.3, -0.25) is 4.98 Å². The number of nitrogens with zero attached hydrogens (tertiary/aromatic N) is 1. The molecule has 2 aromatic rings. The topological polar surface area (TPSA) is 24.9 Å². The van der Waals surface area contributed by atoms with E-state index < -0.39 is 0 Å². The second-order valence-corrected chi connectivity index (χ2v) is 5.68. The maximum atomic E-state index is 4.90. The number of pyridine rings is 1. The van der Waals surface area contributed by atoms with Gasteiger partial charge in [-0.2, -0.15) is 0 Å². The fourth-order valence-electron chi connectivity index (χ4n) is 2.97. The molecule has 108 valence electrons. The summed E-state index contributed by atoms with van der Waals surface area (Å²) in [5.74, 6) is 0.605. The van der Waals surface area contributed by atoms with E-state index in [9.17, 15) is 0 Å². The van der Waals surface area contributed by atoms with E-state index >= 15 is 0 Å². The first-order valence-electron chi connectivity index (χ1n) is 7.77. The van der Waals surface area contributed by atoms with Gasteiger partial charge in [0.05, 0.1) is 17.3 Å². The van der Waals surface area contributed by atoms with Gasteiger partial charge in [-0.05, 0) is 43.5 Å². The molecule has 0 saturated heterocycles. The molecule has 1 aromatic heterocycles. The lowest BCUT2D eigenvalue weighted by Crippen LogP contribution is -2.27. The Balaban J connectivity index is 2.42. The van der Waals surface area contributed by atoms with Crippen molar-refractivity contribution in [2.24, 2.45) is 5.92 Å². The Labute approximate surface area is 122 Å². The average molecular weight is 270 g/mol. The predicted octanol–water partition coefficient (Wildman–Crippen LogP) is 4.63. The third kappa shape index (κ3) is 3.18. The standard InChI is InChI=1S/C18H26N2/c1-5-9-13(3)18(19-6-2)17-12-14(4)15-10-7-8-11-16(15)20-17/h7-8,10-13,18-19H,5-6,9H2,1-4H3. The first-order chi connectivity index (χ1) is 9.67. The van der Waals surface area contributed by atoms with Crippen LogP contribution in [-0.2, 0) is 0 Å². The largest absolute Gasteiger partial charge is 0.309 e. The molecule has 0 fully saturated rings. The van der Waals surface area contributed by atoms with Crippen LogP contribution in [0.1, 0.15) is 50.9 Å². The van der Waals surface area contributed by atoms with Gasteiger partial charge in [0, 0.05) is 5.39 Å². The Bertz CT molecular complexity index is 562. The van der Waals surface area contributed by atoms with Crippen molar-refractivity contribution in [3.63, 3.8) is 0 Å². The molecule has 0 amide bonds. The van der Waals surface area contributed by atoms with Gasteiger partial charge >= 0.3 is 0 Å². The summed E-state index contributed by atoms with van der Waals surface area (Å²) in [6.07, 6.45) is 2.45. The fourth-order valence-corrected chi connectivity index (χ4v) is 2.97. The summed E-state index contributed by atoms with van der Waals surface area (Å²) >= 11 is 0. The van der Waals surface area contributed by atoms with Crippen LogP contribution in [0.25, 0.3) is 10.9 Å². The quantitative estimate of drug-likeness (QED) is 0.827. The van der Waals surface area contributed by atoms with E-state index in [-0.39, 0.29) is 0 Å². The van der Waals surface area contributed by atoms with Crippen LogP contribution in [0.4, 0.5) is 0 Å². The Hall–Kier alpha value is -1.41. The highest BCUT2D eigenvalue weighted by Gasteiger charge is 2.19. The van der Waals surface area contributed by atoms with Crippen LogP contribution in [0.2, 0.25) is 0 Å². The van der Waals surface area contributed by atoms with Gasteiger partial charge in [-0.1, -0.05) is 45.4 Å². The monoisotopic (exact) mass is 270 g/mol. The first kappa shape index (κ1) is 15.0. The number of benzene rings is 1. The fraction of sp³-hybridized carbons (Fsp3) is 0.500. The molecule has 2 atom stereocenters. The summed E-state index contributed by atoms with van der Waals surface area (Å²) < 4.78 is 0. The molecule has 2 rings (SSSR count). The third-order valence-electron chi connectivity index (χ3n) is 4.00. The highest BCUT2D eigenvalue weighted by atomic mass is 14.9. The summed E-state index contributed by atoms with van der Waals surface area (Å²) in [6.45, 7) is 9.90. The zero-order valence-electron chi connectivity index (χ0n) is 13.1. The molecule has 2 nitrogen and oxygen atoms in total. The number of nitrogens with one attached hydrogen (secondary N) is 1. The van der Waals surface area contributed by atoms with E-state index in [0.29, 0.717) is 12.0 Å². The second kappa shape index (κ2) is 6.85. The molecule has 1 aromatic carbocycles. The molecule has 2 unspecified atom stereocenters. The van der Waals surface area contributed by atoms with E-state index in [4.69, 9.17) is 4.98 Å². The Morgan fingerprint density at radius 1 is 1.20 bits per heavy atom. The predicted molar refractivity (Wildman–Crippen MR) is 87.0 cm³/mol. The highest BCUT2D eigenvalue weighted by Crippen LogP contribution is 2.27. The van der Waals surface area contributed by atoms with Crippen LogP contribution < -0.4 is 5.32 Å². The van der Waals surface area contributed by atoms with Crippen LogP contribution in [0.5, 0.6) is 0 Å². The van der Waals surface area contributed by atoms with Crippen molar-refractivity contribution in [2.75, 3.05) is 6.54 Å². The minimum absolute atomic E-state index is 0.350.